The van der Waals surface area contributed by atoms with Crippen molar-refractivity contribution in [1.29, 1.82) is 0 Å². The molecule has 0 bridgehead atoms. The smallest absolute Gasteiger partial charge is 1.00 e. The molecule has 1 aliphatic rings. The molecule has 0 spiro atoms. The molecule has 0 saturated heterocycles. The summed E-state index contributed by atoms with van der Waals surface area (Å²) in [6, 6.07) is 21.9. The van der Waals surface area contributed by atoms with Gasteiger partial charge in [-0.3, -0.25) is 6.08 Å². The van der Waals surface area contributed by atoms with Crippen LogP contribution in [0.15, 0.2) is 77.4 Å². The summed E-state index contributed by atoms with van der Waals surface area (Å²) < 4.78 is 0. The third-order valence-corrected chi connectivity index (χ3v) is 5.78. The minimum absolute atomic E-state index is 0. The summed E-state index contributed by atoms with van der Waals surface area (Å²) in [6.07, 6.45) is 4.51. The zero-order valence-corrected chi connectivity index (χ0v) is 26.9. The number of halogens is 2. The predicted molar refractivity (Wildman–Crippen MR) is 141 cm³/mol. The molecular weight excluding hydrogens is 551 g/mol. The van der Waals surface area contributed by atoms with E-state index in [9.17, 15) is 0 Å². The van der Waals surface area contributed by atoms with Crippen molar-refractivity contribution in [1.82, 2.24) is 0 Å². The second-order valence-corrected chi connectivity index (χ2v) is 18.8. The second-order valence-electron chi connectivity index (χ2n) is 9.44. The molecule has 1 aliphatic carbocycles. The van der Waals surface area contributed by atoms with Crippen LogP contribution in [0.2, 0.25) is 13.1 Å². The molecule has 1 atom stereocenters. The van der Waals surface area contributed by atoms with Crippen molar-refractivity contribution in [2.24, 2.45) is 11.8 Å². The molecule has 4 rings (SSSR count). The molecule has 182 valence electrons. The summed E-state index contributed by atoms with van der Waals surface area (Å²) >= 11 is 1.74. The van der Waals surface area contributed by atoms with Crippen molar-refractivity contribution in [3.63, 3.8) is 0 Å². The van der Waals surface area contributed by atoms with Gasteiger partial charge in [0.1, 0.15) is 0 Å². The Labute approximate surface area is 235 Å². The third kappa shape index (κ3) is 10.1. The van der Waals surface area contributed by atoms with E-state index < -0.39 is 0 Å². The van der Waals surface area contributed by atoms with Crippen LogP contribution in [0.4, 0.5) is 0 Å². The van der Waals surface area contributed by atoms with Gasteiger partial charge in [-0.15, -0.1) is 41.5 Å². The van der Waals surface area contributed by atoms with Crippen molar-refractivity contribution in [2.45, 2.75) is 61.1 Å². The Morgan fingerprint density at radius 1 is 0.971 bits per heavy atom. The van der Waals surface area contributed by atoms with Gasteiger partial charge in [-0.1, -0.05) is 82.5 Å². The number of rotatable bonds is 3. The molecule has 0 N–H and O–H groups in total. The SMILES string of the molecule is CC(C)Cc1cc2c(-c3ccccc3)cccc2[cH-]1.CC1=[C-]C(C)C(C)=C1C.C[Si](C)=[Zr+2].[Cl-].[Cl-]. The largest absolute Gasteiger partial charge is 1.00 e. The quantitative estimate of drug-likeness (QED) is 0.326. The van der Waals surface area contributed by atoms with Gasteiger partial charge >= 0.3 is 41.9 Å². The molecule has 0 aliphatic heterocycles. The average Bonchev–Trinajstić information content (AvgIpc) is 3.23. The van der Waals surface area contributed by atoms with Crippen molar-refractivity contribution in [3.8, 4) is 11.1 Å². The molecule has 0 saturated carbocycles. The van der Waals surface area contributed by atoms with E-state index in [1.807, 2.05) is 0 Å². The maximum atomic E-state index is 3.36. The maximum Gasteiger partial charge on any atom is -1.00 e. The maximum absolute atomic E-state index is 3.36. The fraction of sp³-hybridized carbons (Fsp3) is 0.367. The van der Waals surface area contributed by atoms with Crippen molar-refractivity contribution in [2.75, 3.05) is 0 Å². The Morgan fingerprint density at radius 2 is 1.56 bits per heavy atom. The zero-order chi connectivity index (χ0) is 23.8. The van der Waals surface area contributed by atoms with Crippen LogP contribution in [-0.2, 0) is 29.8 Å². The number of allylic oxidation sites excluding steroid dienone is 4. The van der Waals surface area contributed by atoms with Gasteiger partial charge in [0.15, 0.2) is 0 Å². The topological polar surface area (TPSA) is 0 Å². The fourth-order valence-electron chi connectivity index (χ4n) is 3.92. The first-order valence-corrected chi connectivity index (χ1v) is 17.8. The van der Waals surface area contributed by atoms with Crippen LogP contribution >= 0.6 is 0 Å². The van der Waals surface area contributed by atoms with Gasteiger partial charge in [-0.25, -0.2) is 5.57 Å². The van der Waals surface area contributed by atoms with Crippen LogP contribution in [0, 0.1) is 17.9 Å². The second kappa shape index (κ2) is 16.1. The van der Waals surface area contributed by atoms with E-state index in [1.54, 1.807) is 23.3 Å². The first kappa shape index (κ1) is 33.2. The van der Waals surface area contributed by atoms with Crippen LogP contribution in [0.1, 0.15) is 47.1 Å². The minimum atomic E-state index is 0. The summed E-state index contributed by atoms with van der Waals surface area (Å²) in [5.74, 6) is 1.27. The van der Waals surface area contributed by atoms with E-state index >= 15 is 0 Å². The minimum Gasteiger partial charge on any atom is -1.00 e. The van der Waals surface area contributed by atoms with E-state index in [2.05, 4.69) is 121 Å². The van der Waals surface area contributed by atoms with Crippen molar-refractivity contribution >= 4 is 16.2 Å². The molecule has 1 unspecified atom stereocenters. The molecule has 0 aromatic heterocycles. The normalized spacial score (nSPS) is 14.3. The molecule has 0 heterocycles. The van der Waals surface area contributed by atoms with Crippen LogP contribution in [0.3, 0.4) is 0 Å². The Hall–Kier alpha value is -0.790. The summed E-state index contributed by atoms with van der Waals surface area (Å²) in [6.45, 7) is 17.8. The zero-order valence-electron chi connectivity index (χ0n) is 21.9. The Kier molecular flexibility index (Phi) is 15.7. The molecule has 3 aromatic carbocycles. The molecule has 4 heteroatoms. The van der Waals surface area contributed by atoms with E-state index in [4.69, 9.17) is 0 Å². The Morgan fingerprint density at radius 3 is 2.00 bits per heavy atom. The van der Waals surface area contributed by atoms with Crippen LogP contribution in [-0.4, -0.2) is 5.43 Å². The van der Waals surface area contributed by atoms with Gasteiger partial charge in [0, 0.05) is 0 Å². The van der Waals surface area contributed by atoms with E-state index in [1.165, 1.54) is 44.2 Å². The number of benzene rings is 2. The molecular formula is C30H38Cl2SiZr-2. The summed E-state index contributed by atoms with van der Waals surface area (Å²) in [4.78, 5) is 0. The molecule has 3 aromatic rings. The van der Waals surface area contributed by atoms with Crippen molar-refractivity contribution in [3.05, 3.63) is 89.0 Å². The molecule has 0 radical (unpaired) electrons. The number of hydrogen-bond donors (Lipinski definition) is 0. The monoisotopic (exact) mass is 586 g/mol. The van der Waals surface area contributed by atoms with E-state index in [0.717, 1.165) is 6.42 Å². The van der Waals surface area contributed by atoms with E-state index in [-0.39, 0.29) is 30.2 Å². The van der Waals surface area contributed by atoms with Crippen LogP contribution in [0.5, 0.6) is 0 Å². The van der Waals surface area contributed by atoms with Gasteiger partial charge < -0.3 is 24.8 Å². The summed E-state index contributed by atoms with van der Waals surface area (Å²) in [5.41, 5.74) is 8.55. The van der Waals surface area contributed by atoms with Crippen molar-refractivity contribution < 1.29 is 48.1 Å². The third-order valence-electron chi connectivity index (χ3n) is 5.78. The molecule has 0 nitrogen and oxygen atoms in total. The average molecular weight is 589 g/mol. The number of hydrogen-bond acceptors (Lipinski definition) is 0. The Bertz CT molecular complexity index is 1100. The van der Waals surface area contributed by atoms with Gasteiger partial charge in [0.05, 0.1) is 0 Å². The Balaban J connectivity index is 0.000000614. The van der Waals surface area contributed by atoms with Crippen LogP contribution < -0.4 is 24.8 Å². The fourth-order valence-corrected chi connectivity index (χ4v) is 3.92. The molecule has 34 heavy (non-hydrogen) atoms. The molecule has 0 fully saturated rings. The summed E-state index contributed by atoms with van der Waals surface area (Å²) in [5, 5.41) is 2.74. The van der Waals surface area contributed by atoms with Gasteiger partial charge in [-0.2, -0.15) is 17.2 Å². The van der Waals surface area contributed by atoms with Gasteiger partial charge in [0.2, 0.25) is 0 Å². The first-order valence-electron chi connectivity index (χ1n) is 11.6. The first-order chi connectivity index (χ1) is 15.1. The van der Waals surface area contributed by atoms with E-state index in [0.29, 0.717) is 11.8 Å². The van der Waals surface area contributed by atoms with Gasteiger partial charge in [0.25, 0.3) is 0 Å². The molecule has 0 amide bonds. The standard InChI is InChI=1S/C19H19.C9H13.C2H6Si.2ClH.Zr/c1-14(2)11-15-12-17-9-6-10-18(19(17)13-15)16-7-4-3-5-8-16;1-6-5-7(2)9(4)8(6)3;1-3-2;;;/h3-10,12-14H,11H2,1-2H3;6H,1-4H3;1-2H3;2*1H;/q2*-1;;;;+2/p-2. The summed E-state index contributed by atoms with van der Waals surface area (Å²) in [7, 11) is 0. The predicted octanol–water partition coefficient (Wildman–Crippen LogP) is 2.94. The number of fused-ring (bicyclic) bond motifs is 1. The van der Waals surface area contributed by atoms with Gasteiger partial charge in [-0.05, 0) is 17.9 Å². The van der Waals surface area contributed by atoms with Crippen LogP contribution in [0.25, 0.3) is 21.9 Å².